The van der Waals surface area contributed by atoms with E-state index in [1.165, 1.54) is 18.8 Å². The van der Waals surface area contributed by atoms with Crippen molar-refractivity contribution >= 4 is 23.4 Å². The van der Waals surface area contributed by atoms with Gasteiger partial charge in [0.1, 0.15) is 16.3 Å². The van der Waals surface area contributed by atoms with E-state index in [0.717, 1.165) is 11.8 Å². The molecule has 0 saturated carbocycles. The molecule has 0 fully saturated rings. The molecule has 0 aliphatic rings. The molecule has 0 saturated heterocycles. The summed E-state index contributed by atoms with van der Waals surface area (Å²) in [5.74, 6) is 0. The molecule has 5 nitrogen and oxygen atoms in total. The van der Waals surface area contributed by atoms with Crippen molar-refractivity contribution in [3.8, 4) is 0 Å². The quantitative estimate of drug-likeness (QED) is 0.792. The number of oxazole rings is 1. The summed E-state index contributed by atoms with van der Waals surface area (Å²) in [4.78, 5) is 21.2. The monoisotopic (exact) mass is 229 g/mol. The Morgan fingerprint density at radius 1 is 1.50 bits per heavy atom. The smallest absolute Gasteiger partial charge is 0.270 e. The Hall–Kier alpha value is -1.27. The summed E-state index contributed by atoms with van der Waals surface area (Å²) in [6, 6.07) is 0. The first-order valence-electron chi connectivity index (χ1n) is 3.58. The summed E-state index contributed by atoms with van der Waals surface area (Å²) < 4.78 is 4.97. The van der Waals surface area contributed by atoms with E-state index in [4.69, 9.17) is 16.0 Å². The van der Waals surface area contributed by atoms with E-state index in [9.17, 15) is 4.79 Å². The van der Waals surface area contributed by atoms with Crippen LogP contribution in [0.3, 0.4) is 0 Å². The normalized spacial score (nSPS) is 10.4. The summed E-state index contributed by atoms with van der Waals surface area (Å²) in [6.45, 7) is 0. The van der Waals surface area contributed by atoms with Gasteiger partial charge in [-0.15, -0.1) is 0 Å². The first-order chi connectivity index (χ1) is 6.77. The van der Waals surface area contributed by atoms with Crippen molar-refractivity contribution < 1.29 is 4.42 Å². The van der Waals surface area contributed by atoms with Crippen molar-refractivity contribution in [3.05, 3.63) is 34.2 Å². The Morgan fingerprint density at radius 2 is 2.36 bits per heavy atom. The SMILES string of the molecule is O=c1[nH]cnc(Sc2ncco2)c1Cl. The minimum absolute atomic E-state index is 0.0377. The molecule has 0 spiro atoms. The van der Waals surface area contributed by atoms with Gasteiger partial charge in [-0.05, 0) is 11.8 Å². The Bertz CT molecular complexity index is 482. The standard InChI is InChI=1S/C7H4ClN3O2S/c8-4-5(12)10-3-11-6(4)14-7-9-1-2-13-7/h1-3H,(H,10,11,12). The Kier molecular flexibility index (Phi) is 2.55. The van der Waals surface area contributed by atoms with Crippen molar-refractivity contribution in [1.29, 1.82) is 0 Å². The molecule has 0 radical (unpaired) electrons. The Labute approximate surface area is 87.5 Å². The van der Waals surface area contributed by atoms with Crippen molar-refractivity contribution in [3.63, 3.8) is 0 Å². The Morgan fingerprint density at radius 3 is 3.07 bits per heavy atom. The van der Waals surface area contributed by atoms with E-state index in [0.29, 0.717) is 10.2 Å². The van der Waals surface area contributed by atoms with Gasteiger partial charge in [0, 0.05) is 0 Å². The van der Waals surface area contributed by atoms with Crippen LogP contribution in [-0.4, -0.2) is 15.0 Å². The molecule has 2 heterocycles. The summed E-state index contributed by atoms with van der Waals surface area (Å²) in [5.41, 5.74) is -0.379. The van der Waals surface area contributed by atoms with Crippen LogP contribution in [0.2, 0.25) is 5.02 Å². The number of H-pyrrole nitrogens is 1. The molecule has 2 rings (SSSR count). The van der Waals surface area contributed by atoms with E-state index in [1.807, 2.05) is 0 Å². The van der Waals surface area contributed by atoms with Gasteiger partial charge in [-0.25, -0.2) is 9.97 Å². The van der Waals surface area contributed by atoms with E-state index >= 15 is 0 Å². The molecule has 0 amide bonds. The molecule has 0 aliphatic heterocycles. The summed E-state index contributed by atoms with van der Waals surface area (Å²) in [5, 5.41) is 0.804. The number of hydrogen-bond acceptors (Lipinski definition) is 5. The van der Waals surface area contributed by atoms with E-state index < -0.39 is 0 Å². The van der Waals surface area contributed by atoms with Gasteiger partial charge in [-0.1, -0.05) is 11.6 Å². The van der Waals surface area contributed by atoms with E-state index in [-0.39, 0.29) is 10.6 Å². The number of rotatable bonds is 2. The molecule has 14 heavy (non-hydrogen) atoms. The molecule has 2 aromatic rings. The second-order valence-electron chi connectivity index (χ2n) is 2.25. The average Bonchev–Trinajstić information content (AvgIpc) is 2.66. The third-order valence-corrected chi connectivity index (χ3v) is 2.70. The van der Waals surface area contributed by atoms with Gasteiger partial charge in [0.15, 0.2) is 0 Å². The molecule has 2 aromatic heterocycles. The van der Waals surface area contributed by atoms with Crippen molar-refractivity contribution in [2.75, 3.05) is 0 Å². The maximum Gasteiger partial charge on any atom is 0.270 e. The van der Waals surface area contributed by atoms with Gasteiger partial charge in [0.05, 0.1) is 12.5 Å². The van der Waals surface area contributed by atoms with Gasteiger partial charge in [0.2, 0.25) is 0 Å². The first-order valence-corrected chi connectivity index (χ1v) is 4.77. The fourth-order valence-corrected chi connectivity index (χ4v) is 1.67. The lowest BCUT2D eigenvalue weighted by atomic mass is 10.7. The fraction of sp³-hybridized carbons (Fsp3) is 0. The molecule has 7 heteroatoms. The second-order valence-corrected chi connectivity index (χ2v) is 3.57. The summed E-state index contributed by atoms with van der Waals surface area (Å²) in [6.07, 6.45) is 4.21. The number of nitrogens with zero attached hydrogens (tertiary/aromatic N) is 2. The average molecular weight is 230 g/mol. The number of halogens is 1. The lowest BCUT2D eigenvalue weighted by Gasteiger charge is -1.96. The van der Waals surface area contributed by atoms with Crippen LogP contribution in [0.5, 0.6) is 0 Å². The molecule has 1 N–H and O–H groups in total. The Balaban J connectivity index is 2.34. The molecular formula is C7H4ClN3O2S. The zero-order valence-electron chi connectivity index (χ0n) is 6.73. The largest absolute Gasteiger partial charge is 0.440 e. The highest BCUT2D eigenvalue weighted by Crippen LogP contribution is 2.27. The van der Waals surface area contributed by atoms with Crippen LogP contribution in [-0.2, 0) is 0 Å². The van der Waals surface area contributed by atoms with Gasteiger partial charge in [0.25, 0.3) is 10.8 Å². The van der Waals surface area contributed by atoms with Crippen LogP contribution in [0.25, 0.3) is 0 Å². The van der Waals surface area contributed by atoms with Crippen LogP contribution in [0.4, 0.5) is 0 Å². The fourth-order valence-electron chi connectivity index (χ4n) is 0.781. The number of hydrogen-bond donors (Lipinski definition) is 1. The summed E-state index contributed by atoms with van der Waals surface area (Å²) >= 11 is 6.81. The molecule has 72 valence electrons. The number of aromatic nitrogens is 3. The molecule has 0 aliphatic carbocycles. The van der Waals surface area contributed by atoms with Crippen molar-refractivity contribution in [1.82, 2.24) is 15.0 Å². The first kappa shape index (κ1) is 9.29. The van der Waals surface area contributed by atoms with E-state index in [1.54, 1.807) is 0 Å². The lowest BCUT2D eigenvalue weighted by molar-refractivity contribution is 0.454. The molecule has 0 unspecified atom stereocenters. The number of aromatic amines is 1. The van der Waals surface area contributed by atoms with Gasteiger partial charge >= 0.3 is 0 Å². The van der Waals surface area contributed by atoms with Crippen molar-refractivity contribution in [2.24, 2.45) is 0 Å². The van der Waals surface area contributed by atoms with Crippen LogP contribution in [0.15, 0.2) is 38.2 Å². The summed E-state index contributed by atoms with van der Waals surface area (Å²) in [7, 11) is 0. The molecule has 0 bridgehead atoms. The van der Waals surface area contributed by atoms with Gasteiger partial charge in [-0.2, -0.15) is 0 Å². The predicted octanol–water partition coefficient (Wildman–Crippen LogP) is 1.56. The van der Waals surface area contributed by atoms with Crippen LogP contribution in [0.1, 0.15) is 0 Å². The van der Waals surface area contributed by atoms with Gasteiger partial charge < -0.3 is 9.40 Å². The number of nitrogens with one attached hydrogen (secondary N) is 1. The highest BCUT2D eigenvalue weighted by Gasteiger charge is 2.09. The molecule has 0 aromatic carbocycles. The lowest BCUT2D eigenvalue weighted by Crippen LogP contribution is -2.07. The third kappa shape index (κ3) is 1.80. The maximum absolute atomic E-state index is 11.1. The van der Waals surface area contributed by atoms with Crippen molar-refractivity contribution in [2.45, 2.75) is 10.2 Å². The minimum Gasteiger partial charge on any atom is -0.440 e. The van der Waals surface area contributed by atoms with Crippen LogP contribution in [0, 0.1) is 0 Å². The molecule has 0 atom stereocenters. The predicted molar refractivity (Wildman–Crippen MR) is 50.5 cm³/mol. The van der Waals surface area contributed by atoms with E-state index in [2.05, 4.69) is 15.0 Å². The highest BCUT2D eigenvalue weighted by atomic mass is 35.5. The zero-order valence-corrected chi connectivity index (χ0v) is 8.30. The zero-order chi connectivity index (χ0) is 9.97. The molecular weight excluding hydrogens is 226 g/mol. The maximum atomic E-state index is 11.1. The second kappa shape index (κ2) is 3.85. The minimum atomic E-state index is -0.379. The van der Waals surface area contributed by atoms with Gasteiger partial charge in [-0.3, -0.25) is 4.79 Å². The topological polar surface area (TPSA) is 71.8 Å². The van der Waals surface area contributed by atoms with Crippen LogP contribution >= 0.6 is 23.4 Å². The van der Waals surface area contributed by atoms with Crippen LogP contribution < -0.4 is 5.56 Å². The highest BCUT2D eigenvalue weighted by molar-refractivity contribution is 7.99. The third-order valence-electron chi connectivity index (χ3n) is 1.36.